The third kappa shape index (κ3) is 3.36. The van der Waals surface area contributed by atoms with Gasteiger partial charge in [0.05, 0.1) is 13.2 Å². The Bertz CT molecular complexity index is 589. The van der Waals surface area contributed by atoms with Crippen LogP contribution in [0.5, 0.6) is 5.75 Å². The van der Waals surface area contributed by atoms with Gasteiger partial charge < -0.3 is 4.74 Å². The fourth-order valence-corrected chi connectivity index (χ4v) is 2.63. The lowest BCUT2D eigenvalue weighted by Gasteiger charge is -2.19. The van der Waals surface area contributed by atoms with E-state index in [9.17, 15) is 0 Å². The molecule has 0 fully saturated rings. The summed E-state index contributed by atoms with van der Waals surface area (Å²) in [6, 6.07) is 7.94. The second kappa shape index (κ2) is 6.83. The summed E-state index contributed by atoms with van der Waals surface area (Å²) in [7, 11) is 1.67. The lowest BCUT2D eigenvalue weighted by Crippen LogP contribution is -2.30. The summed E-state index contributed by atoms with van der Waals surface area (Å²) in [6.45, 7) is 2.06. The van der Waals surface area contributed by atoms with E-state index in [-0.39, 0.29) is 6.04 Å². The SMILES string of the molecule is COc1ccc(Br)cc1CC(NN)c1cnccc1C. The van der Waals surface area contributed by atoms with E-state index in [0.717, 1.165) is 33.3 Å². The van der Waals surface area contributed by atoms with Crippen LogP contribution in [0.4, 0.5) is 0 Å². The van der Waals surface area contributed by atoms with Crippen LogP contribution in [0, 0.1) is 6.92 Å². The molecule has 4 nitrogen and oxygen atoms in total. The van der Waals surface area contributed by atoms with Crippen LogP contribution in [0.1, 0.15) is 22.7 Å². The third-order valence-electron chi connectivity index (χ3n) is 3.32. The topological polar surface area (TPSA) is 60.2 Å². The Balaban J connectivity index is 2.31. The van der Waals surface area contributed by atoms with Crippen molar-refractivity contribution < 1.29 is 4.74 Å². The lowest BCUT2D eigenvalue weighted by atomic mass is 9.97. The molecular formula is C15H18BrN3O. The number of aryl methyl sites for hydroxylation is 1. The van der Waals surface area contributed by atoms with Crippen LogP contribution in [-0.2, 0) is 6.42 Å². The molecule has 0 aliphatic heterocycles. The minimum atomic E-state index is -0.00750. The summed E-state index contributed by atoms with van der Waals surface area (Å²) in [5.41, 5.74) is 6.22. The summed E-state index contributed by atoms with van der Waals surface area (Å²) in [5.74, 6) is 6.58. The maximum atomic E-state index is 5.72. The number of methoxy groups -OCH3 is 1. The van der Waals surface area contributed by atoms with Gasteiger partial charge in [-0.15, -0.1) is 0 Å². The van der Waals surface area contributed by atoms with Crippen LogP contribution in [0.15, 0.2) is 41.1 Å². The van der Waals surface area contributed by atoms with Gasteiger partial charge in [-0.2, -0.15) is 0 Å². The highest BCUT2D eigenvalue weighted by Crippen LogP contribution is 2.28. The third-order valence-corrected chi connectivity index (χ3v) is 3.82. The van der Waals surface area contributed by atoms with Gasteiger partial charge in [0.25, 0.3) is 0 Å². The molecule has 106 valence electrons. The number of nitrogens with two attached hydrogens (primary N) is 1. The number of benzene rings is 1. The summed E-state index contributed by atoms with van der Waals surface area (Å²) >= 11 is 3.49. The molecule has 20 heavy (non-hydrogen) atoms. The van der Waals surface area contributed by atoms with Crippen LogP contribution < -0.4 is 16.0 Å². The zero-order valence-corrected chi connectivity index (χ0v) is 13.1. The van der Waals surface area contributed by atoms with Gasteiger partial charge in [-0.3, -0.25) is 16.3 Å². The monoisotopic (exact) mass is 335 g/mol. The van der Waals surface area contributed by atoms with Crippen LogP contribution >= 0.6 is 15.9 Å². The maximum Gasteiger partial charge on any atom is 0.122 e. The molecule has 0 aliphatic rings. The Labute approximate surface area is 127 Å². The van der Waals surface area contributed by atoms with Gasteiger partial charge in [-0.05, 0) is 54.3 Å². The predicted octanol–water partition coefficient (Wildman–Crippen LogP) is 2.91. The van der Waals surface area contributed by atoms with E-state index in [1.54, 1.807) is 13.3 Å². The van der Waals surface area contributed by atoms with Crippen molar-refractivity contribution in [2.24, 2.45) is 5.84 Å². The number of ether oxygens (including phenoxy) is 1. The number of hydrazine groups is 1. The molecule has 0 radical (unpaired) electrons. The fraction of sp³-hybridized carbons (Fsp3) is 0.267. The zero-order valence-electron chi connectivity index (χ0n) is 11.6. The van der Waals surface area contributed by atoms with E-state index in [1.807, 2.05) is 24.4 Å². The number of hydrogen-bond acceptors (Lipinski definition) is 4. The van der Waals surface area contributed by atoms with Crippen molar-refractivity contribution >= 4 is 15.9 Å². The van der Waals surface area contributed by atoms with E-state index in [0.29, 0.717) is 0 Å². The van der Waals surface area contributed by atoms with E-state index in [1.165, 1.54) is 0 Å². The number of pyridine rings is 1. The quantitative estimate of drug-likeness (QED) is 0.651. The first-order valence-electron chi connectivity index (χ1n) is 6.34. The van der Waals surface area contributed by atoms with Gasteiger partial charge >= 0.3 is 0 Å². The van der Waals surface area contributed by atoms with Crippen molar-refractivity contribution in [1.29, 1.82) is 0 Å². The molecule has 0 bridgehead atoms. The Morgan fingerprint density at radius 1 is 1.40 bits per heavy atom. The van der Waals surface area contributed by atoms with Crippen LogP contribution in [0.2, 0.25) is 0 Å². The highest BCUT2D eigenvalue weighted by atomic mass is 79.9. The smallest absolute Gasteiger partial charge is 0.122 e. The maximum absolute atomic E-state index is 5.72. The molecule has 5 heteroatoms. The van der Waals surface area contributed by atoms with Crippen molar-refractivity contribution in [3.63, 3.8) is 0 Å². The first-order valence-corrected chi connectivity index (χ1v) is 7.14. The zero-order chi connectivity index (χ0) is 14.5. The van der Waals surface area contributed by atoms with Crippen molar-refractivity contribution in [2.45, 2.75) is 19.4 Å². The molecule has 1 heterocycles. The first-order chi connectivity index (χ1) is 9.65. The van der Waals surface area contributed by atoms with E-state index < -0.39 is 0 Å². The van der Waals surface area contributed by atoms with Crippen molar-refractivity contribution in [3.05, 3.63) is 57.8 Å². The van der Waals surface area contributed by atoms with Gasteiger partial charge in [0, 0.05) is 16.9 Å². The lowest BCUT2D eigenvalue weighted by molar-refractivity contribution is 0.405. The largest absolute Gasteiger partial charge is 0.496 e. The average molecular weight is 336 g/mol. The van der Waals surface area contributed by atoms with E-state index in [4.69, 9.17) is 10.6 Å². The molecule has 0 amide bonds. The molecule has 0 aliphatic carbocycles. The Kier molecular flexibility index (Phi) is 5.11. The van der Waals surface area contributed by atoms with Gasteiger partial charge in [0.1, 0.15) is 5.75 Å². The van der Waals surface area contributed by atoms with E-state index in [2.05, 4.69) is 39.3 Å². The van der Waals surface area contributed by atoms with Crippen molar-refractivity contribution in [1.82, 2.24) is 10.4 Å². The Morgan fingerprint density at radius 2 is 2.20 bits per heavy atom. The van der Waals surface area contributed by atoms with Gasteiger partial charge in [0.15, 0.2) is 0 Å². The van der Waals surface area contributed by atoms with Crippen molar-refractivity contribution in [2.75, 3.05) is 7.11 Å². The molecule has 1 atom stereocenters. The fourth-order valence-electron chi connectivity index (χ4n) is 2.23. The van der Waals surface area contributed by atoms with Gasteiger partial charge in [-0.1, -0.05) is 15.9 Å². The molecule has 0 saturated carbocycles. The molecule has 2 rings (SSSR count). The standard InChI is InChI=1S/C15H18BrN3O/c1-10-5-6-18-9-13(10)14(19-17)8-11-7-12(16)3-4-15(11)20-2/h3-7,9,14,19H,8,17H2,1-2H3. The molecule has 0 saturated heterocycles. The highest BCUT2D eigenvalue weighted by Gasteiger charge is 2.16. The molecule has 1 aromatic carbocycles. The number of halogens is 1. The van der Waals surface area contributed by atoms with E-state index >= 15 is 0 Å². The summed E-state index contributed by atoms with van der Waals surface area (Å²) in [5, 5.41) is 0. The average Bonchev–Trinajstić information content (AvgIpc) is 2.46. The van der Waals surface area contributed by atoms with Crippen LogP contribution in [0.25, 0.3) is 0 Å². The van der Waals surface area contributed by atoms with Crippen molar-refractivity contribution in [3.8, 4) is 5.75 Å². The second-order valence-electron chi connectivity index (χ2n) is 4.61. The number of hydrogen-bond donors (Lipinski definition) is 2. The van der Waals surface area contributed by atoms with Gasteiger partial charge in [0.2, 0.25) is 0 Å². The number of rotatable bonds is 5. The predicted molar refractivity (Wildman–Crippen MR) is 83.4 cm³/mol. The summed E-state index contributed by atoms with van der Waals surface area (Å²) in [6.07, 6.45) is 4.36. The molecule has 1 aromatic heterocycles. The number of nitrogens with zero attached hydrogens (tertiary/aromatic N) is 1. The highest BCUT2D eigenvalue weighted by molar-refractivity contribution is 9.10. The minimum Gasteiger partial charge on any atom is -0.496 e. The minimum absolute atomic E-state index is 0.00750. The Hall–Kier alpha value is -1.43. The van der Waals surface area contributed by atoms with Crippen LogP contribution in [-0.4, -0.2) is 12.1 Å². The normalized spacial score (nSPS) is 12.2. The molecule has 1 unspecified atom stereocenters. The molecule has 0 spiro atoms. The molecule has 3 N–H and O–H groups in total. The number of aromatic nitrogens is 1. The summed E-state index contributed by atoms with van der Waals surface area (Å²) < 4.78 is 6.43. The van der Waals surface area contributed by atoms with Gasteiger partial charge in [-0.25, -0.2) is 0 Å². The van der Waals surface area contributed by atoms with Crippen LogP contribution in [0.3, 0.4) is 0 Å². The number of nitrogens with one attached hydrogen (secondary N) is 1. The Morgan fingerprint density at radius 3 is 2.85 bits per heavy atom. The summed E-state index contributed by atoms with van der Waals surface area (Å²) in [4.78, 5) is 4.18. The second-order valence-corrected chi connectivity index (χ2v) is 5.53. The molecule has 2 aromatic rings. The molecular weight excluding hydrogens is 318 g/mol. The first kappa shape index (κ1) is 15.0.